The Morgan fingerprint density at radius 3 is 2.53 bits per heavy atom. The smallest absolute Gasteiger partial charge is 0.296 e. The molecule has 0 atom stereocenters. The van der Waals surface area contributed by atoms with Crippen LogP contribution < -0.4 is 15.6 Å². The number of hydrogen-bond donors (Lipinski definition) is 3. The zero-order valence-corrected chi connectivity index (χ0v) is 9.65. The third kappa shape index (κ3) is 3.15. The van der Waals surface area contributed by atoms with E-state index >= 15 is 0 Å². The first-order chi connectivity index (χ1) is 6.81. The van der Waals surface area contributed by atoms with Crippen LogP contribution in [0.5, 0.6) is 0 Å². The maximum Gasteiger partial charge on any atom is 0.296 e. The van der Waals surface area contributed by atoms with Gasteiger partial charge in [-0.1, -0.05) is 24.4 Å². The van der Waals surface area contributed by atoms with Gasteiger partial charge in [0.15, 0.2) is 0 Å². The Kier molecular flexibility index (Phi) is 3.28. The summed E-state index contributed by atoms with van der Waals surface area (Å²) < 4.78 is 23.9. The van der Waals surface area contributed by atoms with Gasteiger partial charge in [0.25, 0.3) is 10.2 Å². The van der Waals surface area contributed by atoms with Crippen LogP contribution in [-0.2, 0) is 10.2 Å². The van der Waals surface area contributed by atoms with Crippen molar-refractivity contribution in [3.63, 3.8) is 0 Å². The van der Waals surface area contributed by atoms with Crippen molar-refractivity contribution in [1.29, 1.82) is 0 Å². The van der Waals surface area contributed by atoms with Crippen molar-refractivity contribution in [1.82, 2.24) is 0 Å². The predicted octanol–water partition coefficient (Wildman–Crippen LogP) is 0.245. The summed E-state index contributed by atoms with van der Waals surface area (Å²) >= 11 is 4.83. The molecular weight excluding hydrogens is 234 g/mol. The molecule has 0 saturated carbocycles. The normalized spacial score (nSPS) is 11.1. The molecule has 82 valence electrons. The SMILES string of the molecule is Cc1cccc(NS(N)(=O)=O)c1C(N)=S. The van der Waals surface area contributed by atoms with Crippen LogP contribution in [0.1, 0.15) is 11.1 Å². The Balaban J connectivity index is 3.30. The topological polar surface area (TPSA) is 98.2 Å². The molecule has 0 aliphatic rings. The first-order valence-corrected chi connectivity index (χ1v) is 5.96. The van der Waals surface area contributed by atoms with Crippen molar-refractivity contribution in [2.75, 3.05) is 4.72 Å². The molecule has 0 unspecified atom stereocenters. The first-order valence-electron chi connectivity index (χ1n) is 4.01. The van der Waals surface area contributed by atoms with Crippen LogP contribution in [0.2, 0.25) is 0 Å². The largest absolute Gasteiger partial charge is 0.389 e. The van der Waals surface area contributed by atoms with Gasteiger partial charge in [0.1, 0.15) is 4.99 Å². The van der Waals surface area contributed by atoms with E-state index < -0.39 is 10.2 Å². The van der Waals surface area contributed by atoms with Gasteiger partial charge in [-0.15, -0.1) is 0 Å². The summed E-state index contributed by atoms with van der Waals surface area (Å²) in [7, 11) is -3.82. The molecule has 7 heteroatoms. The highest BCUT2D eigenvalue weighted by Gasteiger charge is 2.11. The van der Waals surface area contributed by atoms with E-state index in [0.29, 0.717) is 11.3 Å². The molecule has 0 bridgehead atoms. The lowest BCUT2D eigenvalue weighted by Crippen LogP contribution is -2.24. The van der Waals surface area contributed by atoms with E-state index in [1.807, 2.05) is 0 Å². The molecule has 0 heterocycles. The van der Waals surface area contributed by atoms with Crippen LogP contribution in [0.15, 0.2) is 18.2 Å². The van der Waals surface area contributed by atoms with E-state index in [4.69, 9.17) is 23.1 Å². The third-order valence-electron chi connectivity index (χ3n) is 1.77. The van der Waals surface area contributed by atoms with Gasteiger partial charge >= 0.3 is 0 Å². The van der Waals surface area contributed by atoms with E-state index in [1.165, 1.54) is 0 Å². The average Bonchev–Trinajstić information content (AvgIpc) is 1.99. The molecule has 0 spiro atoms. The molecule has 15 heavy (non-hydrogen) atoms. The van der Waals surface area contributed by atoms with Gasteiger partial charge < -0.3 is 5.73 Å². The minimum atomic E-state index is -3.82. The standard InChI is InChI=1S/C8H11N3O2S2/c1-5-3-2-4-6(7(5)8(9)14)11-15(10,12)13/h2-4,11H,1H3,(H2,9,14)(H2,10,12,13). The zero-order valence-electron chi connectivity index (χ0n) is 8.02. The van der Waals surface area contributed by atoms with Crippen LogP contribution >= 0.6 is 12.2 Å². The molecular formula is C8H11N3O2S2. The van der Waals surface area contributed by atoms with Crippen LogP contribution in [0.25, 0.3) is 0 Å². The summed E-state index contributed by atoms with van der Waals surface area (Å²) in [5.41, 5.74) is 7.06. The minimum Gasteiger partial charge on any atom is -0.389 e. The molecule has 0 saturated heterocycles. The molecule has 1 rings (SSSR count). The van der Waals surface area contributed by atoms with Gasteiger partial charge in [-0.2, -0.15) is 8.42 Å². The lowest BCUT2D eigenvalue weighted by molar-refractivity contribution is 0.603. The minimum absolute atomic E-state index is 0.124. The monoisotopic (exact) mass is 245 g/mol. The fourth-order valence-electron chi connectivity index (χ4n) is 1.23. The van der Waals surface area contributed by atoms with E-state index in [0.717, 1.165) is 5.56 Å². The molecule has 1 aromatic rings. The molecule has 0 aromatic heterocycles. The van der Waals surface area contributed by atoms with Gasteiger partial charge in [-0.05, 0) is 18.6 Å². The highest BCUT2D eigenvalue weighted by Crippen LogP contribution is 2.19. The summed E-state index contributed by atoms with van der Waals surface area (Å²) in [6.45, 7) is 1.78. The highest BCUT2D eigenvalue weighted by molar-refractivity contribution is 7.90. The van der Waals surface area contributed by atoms with E-state index in [9.17, 15) is 8.42 Å². The van der Waals surface area contributed by atoms with Crippen LogP contribution in [0.3, 0.4) is 0 Å². The third-order valence-corrected chi connectivity index (χ3v) is 2.48. The lowest BCUT2D eigenvalue weighted by Gasteiger charge is -2.11. The Bertz CT molecular complexity index is 497. The summed E-state index contributed by atoms with van der Waals surface area (Å²) in [4.78, 5) is 0.124. The van der Waals surface area contributed by atoms with Gasteiger partial charge in [0, 0.05) is 5.56 Å². The van der Waals surface area contributed by atoms with Gasteiger partial charge in [-0.3, -0.25) is 4.72 Å². The van der Waals surface area contributed by atoms with Crippen molar-refractivity contribution < 1.29 is 8.42 Å². The number of nitrogens with two attached hydrogens (primary N) is 2. The second-order valence-corrected chi connectivity index (χ2v) is 4.74. The van der Waals surface area contributed by atoms with Gasteiger partial charge in [0.05, 0.1) is 5.69 Å². The zero-order chi connectivity index (χ0) is 11.6. The second kappa shape index (κ2) is 4.13. The quantitative estimate of drug-likeness (QED) is 0.664. The van der Waals surface area contributed by atoms with Crippen LogP contribution in [-0.4, -0.2) is 13.4 Å². The van der Waals surface area contributed by atoms with Crippen molar-refractivity contribution in [2.45, 2.75) is 6.92 Å². The molecule has 0 amide bonds. The summed E-state index contributed by atoms with van der Waals surface area (Å²) in [5.74, 6) is 0. The molecule has 0 aliphatic heterocycles. The molecule has 0 radical (unpaired) electrons. The maximum atomic E-state index is 10.9. The Morgan fingerprint density at radius 1 is 1.47 bits per heavy atom. The van der Waals surface area contributed by atoms with E-state index in [-0.39, 0.29) is 4.99 Å². The van der Waals surface area contributed by atoms with Crippen LogP contribution in [0, 0.1) is 6.92 Å². The number of hydrogen-bond acceptors (Lipinski definition) is 3. The van der Waals surface area contributed by atoms with E-state index in [1.54, 1.807) is 25.1 Å². The number of thiocarbonyl (C=S) groups is 1. The number of benzene rings is 1. The number of nitrogens with one attached hydrogen (secondary N) is 1. The van der Waals surface area contributed by atoms with E-state index in [2.05, 4.69) is 4.72 Å². The highest BCUT2D eigenvalue weighted by atomic mass is 32.2. The average molecular weight is 245 g/mol. The molecule has 0 aliphatic carbocycles. The summed E-state index contributed by atoms with van der Waals surface area (Å²) in [6, 6.07) is 5.01. The lowest BCUT2D eigenvalue weighted by atomic mass is 10.1. The van der Waals surface area contributed by atoms with Crippen molar-refractivity contribution in [3.8, 4) is 0 Å². The first kappa shape index (κ1) is 11.9. The predicted molar refractivity (Wildman–Crippen MR) is 63.8 cm³/mol. The number of rotatable bonds is 3. The van der Waals surface area contributed by atoms with Crippen LogP contribution in [0.4, 0.5) is 5.69 Å². The Hall–Kier alpha value is -1.18. The fourth-order valence-corrected chi connectivity index (χ4v) is 1.98. The van der Waals surface area contributed by atoms with Gasteiger partial charge in [0.2, 0.25) is 0 Å². The molecule has 5 nitrogen and oxygen atoms in total. The Labute approximate surface area is 93.6 Å². The van der Waals surface area contributed by atoms with Crippen molar-refractivity contribution in [3.05, 3.63) is 29.3 Å². The summed E-state index contributed by atoms with van der Waals surface area (Å²) in [6.07, 6.45) is 0. The fraction of sp³-hybridized carbons (Fsp3) is 0.125. The summed E-state index contributed by atoms with van der Waals surface area (Å²) in [5, 5.41) is 4.86. The number of aryl methyl sites for hydroxylation is 1. The molecule has 1 aromatic carbocycles. The van der Waals surface area contributed by atoms with Gasteiger partial charge in [-0.25, -0.2) is 5.14 Å². The maximum absolute atomic E-state index is 10.9. The number of anilines is 1. The van der Waals surface area contributed by atoms with Crippen molar-refractivity contribution in [2.24, 2.45) is 10.9 Å². The molecule has 0 fully saturated rings. The molecule has 5 N–H and O–H groups in total. The Morgan fingerprint density at radius 2 is 2.07 bits per heavy atom. The van der Waals surface area contributed by atoms with Crippen molar-refractivity contribution >= 4 is 33.1 Å². The second-order valence-electron chi connectivity index (χ2n) is 3.01.